The molecule has 4 nitrogen and oxygen atoms in total. The van der Waals surface area contributed by atoms with Crippen molar-refractivity contribution in [1.82, 2.24) is 15.2 Å². The number of aromatic nitrogens is 1. The first-order chi connectivity index (χ1) is 8.73. The average Bonchev–Trinajstić information content (AvgIpc) is 2.67. The van der Waals surface area contributed by atoms with Crippen LogP contribution in [0.25, 0.3) is 0 Å². The Morgan fingerprint density at radius 2 is 2.22 bits per heavy atom. The van der Waals surface area contributed by atoms with Crippen LogP contribution in [0.3, 0.4) is 0 Å². The predicted octanol–water partition coefficient (Wildman–Crippen LogP) is 1.15. The molecule has 2 fully saturated rings. The van der Waals surface area contributed by atoms with Crippen molar-refractivity contribution >= 4 is 5.91 Å². The van der Waals surface area contributed by atoms with E-state index >= 15 is 0 Å². The summed E-state index contributed by atoms with van der Waals surface area (Å²) >= 11 is 0. The molecule has 3 rings (SSSR count). The van der Waals surface area contributed by atoms with Gasteiger partial charge in [-0.2, -0.15) is 0 Å². The maximum Gasteiger partial charge on any atom is 0.230 e. The van der Waals surface area contributed by atoms with E-state index in [1.54, 1.807) is 6.20 Å². The molecule has 96 valence electrons. The van der Waals surface area contributed by atoms with Crippen LogP contribution in [-0.2, 0) is 4.79 Å². The zero-order valence-corrected chi connectivity index (χ0v) is 10.7. The molecule has 1 atom stereocenters. The molecule has 0 aromatic carbocycles. The van der Waals surface area contributed by atoms with Gasteiger partial charge in [-0.3, -0.25) is 9.78 Å². The molecule has 1 unspecified atom stereocenters. The van der Waals surface area contributed by atoms with Crippen molar-refractivity contribution in [2.24, 2.45) is 0 Å². The minimum Gasteiger partial charge on any atom is -0.339 e. The van der Waals surface area contributed by atoms with E-state index in [1.807, 2.05) is 30.3 Å². The van der Waals surface area contributed by atoms with E-state index in [0.717, 1.165) is 37.9 Å². The van der Waals surface area contributed by atoms with E-state index in [1.165, 1.54) is 0 Å². The first-order valence-electron chi connectivity index (χ1n) is 6.61. The summed E-state index contributed by atoms with van der Waals surface area (Å²) in [5.41, 5.74) is 1.13. The summed E-state index contributed by atoms with van der Waals surface area (Å²) < 4.78 is 0. The SMILES string of the molecule is CN1C(=O)C(c2cccnc2)CC12CCNCC2. The second kappa shape index (κ2) is 4.35. The van der Waals surface area contributed by atoms with Crippen molar-refractivity contribution in [2.45, 2.75) is 30.7 Å². The highest BCUT2D eigenvalue weighted by Crippen LogP contribution is 2.43. The van der Waals surface area contributed by atoms with Gasteiger partial charge in [0.1, 0.15) is 0 Å². The molecule has 18 heavy (non-hydrogen) atoms. The first kappa shape index (κ1) is 11.7. The van der Waals surface area contributed by atoms with Crippen LogP contribution in [0.5, 0.6) is 0 Å². The van der Waals surface area contributed by atoms with Gasteiger partial charge >= 0.3 is 0 Å². The number of piperidine rings is 1. The maximum absolute atomic E-state index is 12.5. The smallest absolute Gasteiger partial charge is 0.230 e. The van der Waals surface area contributed by atoms with Crippen molar-refractivity contribution in [2.75, 3.05) is 20.1 Å². The lowest BCUT2D eigenvalue weighted by Gasteiger charge is -2.39. The largest absolute Gasteiger partial charge is 0.339 e. The lowest BCUT2D eigenvalue weighted by molar-refractivity contribution is -0.131. The second-order valence-corrected chi connectivity index (χ2v) is 5.41. The Morgan fingerprint density at radius 3 is 2.89 bits per heavy atom. The molecule has 1 aromatic rings. The van der Waals surface area contributed by atoms with Gasteiger partial charge in [0.25, 0.3) is 0 Å². The Labute approximate surface area is 107 Å². The third-order valence-corrected chi connectivity index (χ3v) is 4.55. The van der Waals surface area contributed by atoms with Crippen LogP contribution in [0.4, 0.5) is 0 Å². The monoisotopic (exact) mass is 245 g/mol. The van der Waals surface area contributed by atoms with Crippen LogP contribution in [-0.4, -0.2) is 41.5 Å². The van der Waals surface area contributed by atoms with Gasteiger partial charge in [-0.05, 0) is 44.0 Å². The van der Waals surface area contributed by atoms with Gasteiger partial charge in [-0.1, -0.05) is 6.07 Å². The number of rotatable bonds is 1. The summed E-state index contributed by atoms with van der Waals surface area (Å²) in [4.78, 5) is 18.6. The number of likely N-dealkylation sites (N-methyl/N-ethyl adjacent to an activating group) is 1. The summed E-state index contributed by atoms with van der Waals surface area (Å²) in [6.07, 6.45) is 6.65. The fourth-order valence-corrected chi connectivity index (χ4v) is 3.35. The molecule has 3 heterocycles. The van der Waals surface area contributed by atoms with E-state index in [2.05, 4.69) is 10.3 Å². The van der Waals surface area contributed by atoms with Gasteiger partial charge in [0.15, 0.2) is 0 Å². The molecule has 0 aliphatic carbocycles. The Bertz CT molecular complexity index is 440. The lowest BCUT2D eigenvalue weighted by atomic mass is 9.82. The van der Waals surface area contributed by atoms with Gasteiger partial charge in [0, 0.05) is 25.0 Å². The van der Waals surface area contributed by atoms with Gasteiger partial charge in [-0.25, -0.2) is 0 Å². The molecule has 1 spiro atoms. The van der Waals surface area contributed by atoms with Crippen LogP contribution in [0.1, 0.15) is 30.7 Å². The van der Waals surface area contributed by atoms with Crippen LogP contribution >= 0.6 is 0 Å². The highest BCUT2D eigenvalue weighted by Gasteiger charge is 2.49. The van der Waals surface area contributed by atoms with Crippen LogP contribution < -0.4 is 5.32 Å². The van der Waals surface area contributed by atoms with E-state index in [9.17, 15) is 4.79 Å². The number of hydrogen-bond donors (Lipinski definition) is 1. The van der Waals surface area contributed by atoms with E-state index in [-0.39, 0.29) is 17.4 Å². The summed E-state index contributed by atoms with van der Waals surface area (Å²) in [6.45, 7) is 2.02. The third kappa shape index (κ3) is 1.72. The fourth-order valence-electron chi connectivity index (χ4n) is 3.35. The van der Waals surface area contributed by atoms with Crippen molar-refractivity contribution in [3.63, 3.8) is 0 Å². The van der Waals surface area contributed by atoms with E-state index in [0.29, 0.717) is 0 Å². The van der Waals surface area contributed by atoms with Crippen LogP contribution in [0.15, 0.2) is 24.5 Å². The molecular formula is C14H19N3O. The molecule has 0 radical (unpaired) electrons. The highest BCUT2D eigenvalue weighted by molar-refractivity contribution is 5.86. The molecular weight excluding hydrogens is 226 g/mol. The summed E-state index contributed by atoms with van der Waals surface area (Å²) in [5.74, 6) is 0.256. The number of hydrogen-bond acceptors (Lipinski definition) is 3. The number of likely N-dealkylation sites (tertiary alicyclic amines) is 1. The Balaban J connectivity index is 1.89. The molecule has 2 aliphatic heterocycles. The number of carbonyl (C=O) groups excluding carboxylic acids is 1. The Kier molecular flexibility index (Phi) is 2.82. The van der Waals surface area contributed by atoms with Gasteiger partial charge in [0.05, 0.1) is 5.92 Å². The zero-order chi connectivity index (χ0) is 12.6. The molecule has 2 aliphatic rings. The van der Waals surface area contributed by atoms with Crippen LogP contribution in [0, 0.1) is 0 Å². The summed E-state index contributed by atoms with van der Waals surface area (Å²) in [6, 6.07) is 3.93. The number of pyridine rings is 1. The number of carbonyl (C=O) groups is 1. The quantitative estimate of drug-likeness (QED) is 0.807. The maximum atomic E-state index is 12.5. The lowest BCUT2D eigenvalue weighted by Crippen LogP contribution is -2.50. The number of amides is 1. The van der Waals surface area contributed by atoms with Crippen molar-refractivity contribution in [3.8, 4) is 0 Å². The minimum atomic E-state index is 0.00167. The normalized spacial score (nSPS) is 26.8. The van der Waals surface area contributed by atoms with Crippen molar-refractivity contribution in [1.29, 1.82) is 0 Å². The van der Waals surface area contributed by atoms with E-state index < -0.39 is 0 Å². The standard InChI is InChI=1S/C14H19N3O/c1-17-13(18)12(11-3-2-6-16-10-11)9-14(17)4-7-15-8-5-14/h2-3,6,10,12,15H,4-5,7-9H2,1H3. The van der Waals surface area contributed by atoms with E-state index in [4.69, 9.17) is 0 Å². The Morgan fingerprint density at radius 1 is 1.44 bits per heavy atom. The zero-order valence-electron chi connectivity index (χ0n) is 10.7. The number of nitrogens with one attached hydrogen (secondary N) is 1. The molecule has 4 heteroatoms. The van der Waals surface area contributed by atoms with Gasteiger partial charge in [-0.15, -0.1) is 0 Å². The molecule has 1 N–H and O–H groups in total. The first-order valence-corrected chi connectivity index (χ1v) is 6.61. The second-order valence-electron chi connectivity index (χ2n) is 5.41. The summed E-state index contributed by atoms with van der Waals surface area (Å²) in [5, 5.41) is 3.38. The van der Waals surface area contributed by atoms with Crippen molar-refractivity contribution in [3.05, 3.63) is 30.1 Å². The summed E-state index contributed by atoms with van der Waals surface area (Å²) in [7, 11) is 1.96. The predicted molar refractivity (Wildman–Crippen MR) is 69.2 cm³/mol. The highest BCUT2D eigenvalue weighted by atomic mass is 16.2. The molecule has 0 saturated carbocycles. The van der Waals surface area contributed by atoms with Crippen LogP contribution in [0.2, 0.25) is 0 Å². The van der Waals surface area contributed by atoms with Gasteiger partial charge in [0.2, 0.25) is 5.91 Å². The van der Waals surface area contributed by atoms with Crippen molar-refractivity contribution < 1.29 is 4.79 Å². The Hall–Kier alpha value is -1.42. The molecule has 1 aromatic heterocycles. The molecule has 0 bridgehead atoms. The molecule has 2 saturated heterocycles. The molecule has 1 amide bonds. The topological polar surface area (TPSA) is 45.2 Å². The minimum absolute atomic E-state index is 0.00167. The third-order valence-electron chi connectivity index (χ3n) is 4.55. The van der Waals surface area contributed by atoms with Gasteiger partial charge < -0.3 is 10.2 Å². The average molecular weight is 245 g/mol. The fraction of sp³-hybridized carbons (Fsp3) is 0.571. The number of nitrogens with zero attached hydrogens (tertiary/aromatic N) is 2.